The summed E-state index contributed by atoms with van der Waals surface area (Å²) in [4.78, 5) is 19.5. The first-order valence-electron chi connectivity index (χ1n) is 6.73. The van der Waals surface area contributed by atoms with Gasteiger partial charge in [0.15, 0.2) is 0 Å². The zero-order valence-corrected chi connectivity index (χ0v) is 13.4. The number of nitrogens with zero attached hydrogens (tertiary/aromatic N) is 2. The van der Waals surface area contributed by atoms with Crippen LogP contribution in [0.5, 0.6) is 0 Å². The maximum absolute atomic E-state index is 11.2. The summed E-state index contributed by atoms with van der Waals surface area (Å²) in [5, 5.41) is 2.52. The lowest BCUT2D eigenvalue weighted by Gasteiger charge is -2.03. The number of ether oxygens (including phenoxy) is 1. The number of carbonyl (C=O) groups excluding carboxylic acids is 1. The van der Waals surface area contributed by atoms with E-state index < -0.39 is 0 Å². The summed E-state index contributed by atoms with van der Waals surface area (Å²) >= 11 is 7.62. The smallest absolute Gasteiger partial charge is 0.305 e. The van der Waals surface area contributed by atoms with Crippen LogP contribution in [0.4, 0.5) is 0 Å². The van der Waals surface area contributed by atoms with Crippen molar-refractivity contribution >= 4 is 39.1 Å². The molecule has 0 amide bonds. The molecule has 0 saturated carbocycles. The first kappa shape index (κ1) is 14.9. The molecule has 0 aliphatic heterocycles. The van der Waals surface area contributed by atoms with E-state index in [-0.39, 0.29) is 5.97 Å². The zero-order chi connectivity index (χ0) is 15.5. The predicted octanol–water partition coefficient (Wildman–Crippen LogP) is 4.12. The van der Waals surface area contributed by atoms with Crippen LogP contribution in [0.1, 0.15) is 12.0 Å². The summed E-state index contributed by atoms with van der Waals surface area (Å²) in [5.74, 6) is -0.195. The van der Waals surface area contributed by atoms with E-state index in [1.807, 2.05) is 29.6 Å². The average Bonchev–Trinajstić information content (AvgIpc) is 2.98. The van der Waals surface area contributed by atoms with Gasteiger partial charge >= 0.3 is 5.97 Å². The summed E-state index contributed by atoms with van der Waals surface area (Å²) in [6.07, 6.45) is 2.54. The lowest BCUT2D eigenvalue weighted by Crippen LogP contribution is -2.01. The van der Waals surface area contributed by atoms with Gasteiger partial charge in [0, 0.05) is 17.4 Å². The lowest BCUT2D eigenvalue weighted by atomic mass is 10.0. The topological polar surface area (TPSA) is 52.1 Å². The molecule has 0 N–H and O–H groups in total. The summed E-state index contributed by atoms with van der Waals surface area (Å²) in [5.41, 5.74) is 4.08. The molecule has 3 rings (SSSR count). The SMILES string of the molecule is COC(=O)CCc1ccc(-c2csc3c(Cl)ncnc23)cc1. The molecule has 2 heterocycles. The zero-order valence-electron chi connectivity index (χ0n) is 11.9. The van der Waals surface area contributed by atoms with E-state index >= 15 is 0 Å². The van der Waals surface area contributed by atoms with Crippen LogP contribution in [-0.4, -0.2) is 23.0 Å². The van der Waals surface area contributed by atoms with Crippen molar-refractivity contribution in [1.29, 1.82) is 0 Å². The van der Waals surface area contributed by atoms with Gasteiger partial charge in [-0.15, -0.1) is 11.3 Å². The Balaban J connectivity index is 1.85. The van der Waals surface area contributed by atoms with Crippen molar-refractivity contribution in [2.45, 2.75) is 12.8 Å². The van der Waals surface area contributed by atoms with E-state index in [0.29, 0.717) is 18.0 Å². The average molecular weight is 333 g/mol. The Morgan fingerprint density at radius 2 is 2.05 bits per heavy atom. The molecule has 22 heavy (non-hydrogen) atoms. The molecule has 0 radical (unpaired) electrons. The van der Waals surface area contributed by atoms with Crippen LogP contribution in [0.25, 0.3) is 21.3 Å². The van der Waals surface area contributed by atoms with Gasteiger partial charge in [-0.25, -0.2) is 9.97 Å². The van der Waals surface area contributed by atoms with E-state index in [4.69, 9.17) is 11.6 Å². The maximum Gasteiger partial charge on any atom is 0.305 e. The maximum atomic E-state index is 11.2. The summed E-state index contributed by atoms with van der Waals surface area (Å²) in [6, 6.07) is 8.10. The first-order valence-corrected chi connectivity index (χ1v) is 7.98. The normalized spacial score (nSPS) is 10.8. The first-order chi connectivity index (χ1) is 10.7. The minimum Gasteiger partial charge on any atom is -0.469 e. The van der Waals surface area contributed by atoms with Gasteiger partial charge in [-0.3, -0.25) is 4.79 Å². The van der Waals surface area contributed by atoms with E-state index in [2.05, 4.69) is 14.7 Å². The monoisotopic (exact) mass is 332 g/mol. The van der Waals surface area contributed by atoms with Gasteiger partial charge in [-0.2, -0.15) is 0 Å². The van der Waals surface area contributed by atoms with Crippen LogP contribution >= 0.6 is 22.9 Å². The van der Waals surface area contributed by atoms with Crippen LogP contribution in [0.3, 0.4) is 0 Å². The Kier molecular flexibility index (Phi) is 4.36. The molecule has 0 spiro atoms. The number of thiophene rings is 1. The number of hydrogen-bond donors (Lipinski definition) is 0. The Labute approximate surface area is 136 Å². The quantitative estimate of drug-likeness (QED) is 0.532. The number of methoxy groups -OCH3 is 1. The molecule has 4 nitrogen and oxygen atoms in total. The van der Waals surface area contributed by atoms with Crippen LogP contribution < -0.4 is 0 Å². The number of fused-ring (bicyclic) bond motifs is 1. The summed E-state index contributed by atoms with van der Waals surface area (Å²) in [6.45, 7) is 0. The molecule has 0 saturated heterocycles. The van der Waals surface area contributed by atoms with Crippen molar-refractivity contribution in [3.63, 3.8) is 0 Å². The second-order valence-corrected chi connectivity index (χ2v) is 6.00. The molecule has 0 aliphatic carbocycles. The fourth-order valence-corrected chi connectivity index (χ4v) is 3.40. The highest BCUT2D eigenvalue weighted by atomic mass is 35.5. The molecule has 6 heteroatoms. The third-order valence-corrected chi connectivity index (χ3v) is 4.80. The van der Waals surface area contributed by atoms with Crippen LogP contribution in [0.2, 0.25) is 5.15 Å². The molecule has 0 fully saturated rings. The Morgan fingerprint density at radius 3 is 2.77 bits per heavy atom. The van der Waals surface area contributed by atoms with Crippen LogP contribution in [0, 0.1) is 0 Å². The van der Waals surface area contributed by atoms with Gasteiger partial charge in [-0.1, -0.05) is 35.9 Å². The van der Waals surface area contributed by atoms with Gasteiger partial charge in [-0.05, 0) is 17.5 Å². The molecule has 0 aliphatic rings. The van der Waals surface area contributed by atoms with Crippen molar-refractivity contribution < 1.29 is 9.53 Å². The van der Waals surface area contributed by atoms with E-state index in [1.165, 1.54) is 24.8 Å². The number of aromatic nitrogens is 2. The predicted molar refractivity (Wildman–Crippen MR) is 88.2 cm³/mol. The largest absolute Gasteiger partial charge is 0.469 e. The minimum atomic E-state index is -0.195. The van der Waals surface area contributed by atoms with Gasteiger partial charge in [0.05, 0.1) is 17.3 Å². The number of rotatable bonds is 4. The second-order valence-electron chi connectivity index (χ2n) is 4.76. The number of hydrogen-bond acceptors (Lipinski definition) is 5. The van der Waals surface area contributed by atoms with Crippen LogP contribution in [-0.2, 0) is 16.0 Å². The Morgan fingerprint density at radius 1 is 1.27 bits per heavy atom. The Hall–Kier alpha value is -1.98. The number of carbonyl (C=O) groups is 1. The third kappa shape index (κ3) is 2.96. The fraction of sp³-hybridized carbons (Fsp3) is 0.188. The highest BCUT2D eigenvalue weighted by Crippen LogP contribution is 2.35. The molecule has 2 aromatic heterocycles. The molecule has 0 bridgehead atoms. The van der Waals surface area contributed by atoms with Crippen molar-refractivity contribution in [3.8, 4) is 11.1 Å². The fourth-order valence-electron chi connectivity index (χ4n) is 2.23. The lowest BCUT2D eigenvalue weighted by molar-refractivity contribution is -0.140. The van der Waals surface area contributed by atoms with Gasteiger partial charge in [0.1, 0.15) is 11.5 Å². The molecule has 1 aromatic carbocycles. The van der Waals surface area contributed by atoms with E-state index in [0.717, 1.165) is 26.9 Å². The highest BCUT2D eigenvalue weighted by molar-refractivity contribution is 7.18. The molecule has 112 valence electrons. The van der Waals surface area contributed by atoms with Gasteiger partial charge < -0.3 is 4.74 Å². The van der Waals surface area contributed by atoms with Crippen LogP contribution in [0.15, 0.2) is 36.0 Å². The second kappa shape index (κ2) is 6.42. The number of benzene rings is 1. The van der Waals surface area contributed by atoms with Gasteiger partial charge in [0.2, 0.25) is 0 Å². The number of halogens is 1. The van der Waals surface area contributed by atoms with Crippen molar-refractivity contribution in [2.24, 2.45) is 0 Å². The van der Waals surface area contributed by atoms with Gasteiger partial charge in [0.25, 0.3) is 0 Å². The van der Waals surface area contributed by atoms with Crippen molar-refractivity contribution in [1.82, 2.24) is 9.97 Å². The van der Waals surface area contributed by atoms with Crippen molar-refractivity contribution in [3.05, 3.63) is 46.7 Å². The van der Waals surface area contributed by atoms with E-state index in [9.17, 15) is 4.79 Å². The van der Waals surface area contributed by atoms with E-state index in [1.54, 1.807) is 0 Å². The summed E-state index contributed by atoms with van der Waals surface area (Å²) < 4.78 is 5.55. The number of aryl methyl sites for hydroxylation is 1. The summed E-state index contributed by atoms with van der Waals surface area (Å²) in [7, 11) is 1.40. The molecule has 0 atom stereocenters. The minimum absolute atomic E-state index is 0.195. The molecular weight excluding hydrogens is 320 g/mol. The number of esters is 1. The van der Waals surface area contributed by atoms with Crippen molar-refractivity contribution in [2.75, 3.05) is 7.11 Å². The Bertz CT molecular complexity index is 815. The highest BCUT2D eigenvalue weighted by Gasteiger charge is 2.11. The molecule has 0 unspecified atom stereocenters. The molecule has 3 aromatic rings. The molecular formula is C16H13ClN2O2S. The standard InChI is InChI=1S/C16H13ClN2O2S/c1-21-13(20)7-4-10-2-5-11(6-3-10)12-8-22-15-14(12)18-9-19-16(15)17/h2-3,5-6,8-9H,4,7H2,1H3. The third-order valence-electron chi connectivity index (χ3n) is 3.42.